The number of ether oxygens (including phenoxy) is 1. The van der Waals surface area contributed by atoms with Crippen LogP contribution in [0, 0.1) is 5.92 Å². The Balaban J connectivity index is 1.33. The summed E-state index contributed by atoms with van der Waals surface area (Å²) in [4.78, 5) is 33.4. The first-order valence-electron chi connectivity index (χ1n) is 11.6. The first kappa shape index (κ1) is 20.2. The summed E-state index contributed by atoms with van der Waals surface area (Å²) < 4.78 is 6.95. The molecular weight excluding hydrogens is 416 g/mol. The van der Waals surface area contributed by atoms with Crippen LogP contribution >= 0.6 is 0 Å². The van der Waals surface area contributed by atoms with Gasteiger partial charge in [-0.05, 0) is 73.2 Å². The number of benzene rings is 2. The molecule has 1 fully saturated rings. The second-order valence-electron chi connectivity index (χ2n) is 9.10. The second-order valence-corrected chi connectivity index (χ2v) is 9.10. The molecule has 2 aromatic heterocycles. The third-order valence-corrected chi connectivity index (χ3v) is 7.50. The Bertz CT molecular complexity index is 1490. The summed E-state index contributed by atoms with van der Waals surface area (Å²) in [6.45, 7) is 1.34. The van der Waals surface area contributed by atoms with Crippen molar-refractivity contribution in [3.05, 3.63) is 80.6 Å². The zero-order valence-corrected chi connectivity index (χ0v) is 18.5. The van der Waals surface area contributed by atoms with Crippen LogP contribution < -0.4 is 21.3 Å². The van der Waals surface area contributed by atoms with Gasteiger partial charge in [0.1, 0.15) is 5.75 Å². The Morgan fingerprint density at radius 1 is 1.12 bits per heavy atom. The third kappa shape index (κ3) is 3.18. The summed E-state index contributed by atoms with van der Waals surface area (Å²) in [5, 5.41) is 4.97. The van der Waals surface area contributed by atoms with E-state index in [1.54, 1.807) is 19.4 Å². The molecule has 1 aliphatic carbocycles. The van der Waals surface area contributed by atoms with E-state index in [-0.39, 0.29) is 17.3 Å². The van der Waals surface area contributed by atoms with E-state index in [0.717, 1.165) is 36.0 Å². The second kappa shape index (κ2) is 7.85. The molecule has 0 saturated carbocycles. The van der Waals surface area contributed by atoms with E-state index < -0.39 is 0 Å². The molecule has 4 aromatic rings. The van der Waals surface area contributed by atoms with E-state index in [9.17, 15) is 9.59 Å². The molecule has 7 heteroatoms. The molecule has 1 saturated heterocycles. The molecular formula is C26H26N4O3. The van der Waals surface area contributed by atoms with Crippen LogP contribution in [-0.4, -0.2) is 34.2 Å². The van der Waals surface area contributed by atoms with Crippen LogP contribution in [0.5, 0.6) is 5.75 Å². The fourth-order valence-electron chi connectivity index (χ4n) is 5.95. The number of aromatic nitrogens is 3. The van der Waals surface area contributed by atoms with Crippen molar-refractivity contribution in [2.75, 3.05) is 13.7 Å². The molecule has 7 nitrogen and oxygen atoms in total. The van der Waals surface area contributed by atoms with Gasteiger partial charge >= 0.3 is 5.69 Å². The van der Waals surface area contributed by atoms with Crippen molar-refractivity contribution in [2.45, 2.75) is 37.8 Å². The predicted octanol–water partition coefficient (Wildman–Crippen LogP) is 2.95. The molecule has 33 heavy (non-hydrogen) atoms. The van der Waals surface area contributed by atoms with E-state index >= 15 is 0 Å². The Hall–Kier alpha value is -3.45. The number of fused-ring (bicyclic) bond motifs is 6. The Morgan fingerprint density at radius 2 is 2.03 bits per heavy atom. The average Bonchev–Trinajstić information content (AvgIpc) is 3.27. The molecule has 168 valence electrons. The number of aromatic amines is 1. The molecule has 2 N–H and O–H groups in total. The summed E-state index contributed by atoms with van der Waals surface area (Å²) in [6.07, 6.45) is 4.57. The van der Waals surface area contributed by atoms with Crippen molar-refractivity contribution in [3.63, 3.8) is 0 Å². The van der Waals surface area contributed by atoms with Crippen LogP contribution in [-0.2, 0) is 13.0 Å². The minimum Gasteiger partial charge on any atom is -0.496 e. The lowest BCUT2D eigenvalue weighted by molar-refractivity contribution is 0.371. The van der Waals surface area contributed by atoms with Crippen LogP contribution in [0.2, 0.25) is 0 Å². The normalized spacial score (nSPS) is 21.8. The summed E-state index contributed by atoms with van der Waals surface area (Å²) >= 11 is 0. The predicted molar refractivity (Wildman–Crippen MR) is 128 cm³/mol. The lowest BCUT2D eigenvalue weighted by atomic mass is 9.73. The third-order valence-electron chi connectivity index (χ3n) is 7.50. The van der Waals surface area contributed by atoms with E-state index in [1.165, 1.54) is 15.7 Å². The zero-order chi connectivity index (χ0) is 22.5. The number of H-pyrrole nitrogens is 1. The molecule has 3 atom stereocenters. The maximum Gasteiger partial charge on any atom is 0.328 e. The molecule has 1 unspecified atom stereocenters. The summed E-state index contributed by atoms with van der Waals surface area (Å²) in [6, 6.07) is 13.8. The van der Waals surface area contributed by atoms with Gasteiger partial charge in [0, 0.05) is 30.1 Å². The van der Waals surface area contributed by atoms with Crippen molar-refractivity contribution in [3.8, 4) is 5.75 Å². The smallest absolute Gasteiger partial charge is 0.328 e. The van der Waals surface area contributed by atoms with Gasteiger partial charge in [0.15, 0.2) is 0 Å². The highest BCUT2D eigenvalue weighted by molar-refractivity contribution is 6.03. The van der Waals surface area contributed by atoms with E-state index in [0.29, 0.717) is 35.7 Å². The minimum atomic E-state index is -0.371. The molecule has 2 aliphatic rings. The fourth-order valence-corrected chi connectivity index (χ4v) is 5.95. The van der Waals surface area contributed by atoms with Crippen molar-refractivity contribution >= 4 is 21.8 Å². The molecule has 0 radical (unpaired) electrons. The van der Waals surface area contributed by atoms with Gasteiger partial charge in [-0.25, -0.2) is 4.79 Å². The first-order valence-corrected chi connectivity index (χ1v) is 11.6. The van der Waals surface area contributed by atoms with Gasteiger partial charge in [-0.1, -0.05) is 12.1 Å². The molecule has 0 spiro atoms. The number of hydrogen-bond donors (Lipinski definition) is 2. The van der Waals surface area contributed by atoms with Crippen LogP contribution in [0.15, 0.2) is 58.3 Å². The molecule has 2 aromatic carbocycles. The van der Waals surface area contributed by atoms with Crippen molar-refractivity contribution < 1.29 is 4.74 Å². The fraction of sp³-hybridized carbons (Fsp3) is 0.346. The van der Waals surface area contributed by atoms with Gasteiger partial charge in [-0.15, -0.1) is 0 Å². The summed E-state index contributed by atoms with van der Waals surface area (Å²) in [7, 11) is 1.73. The van der Waals surface area contributed by atoms with Crippen molar-refractivity contribution in [2.24, 2.45) is 5.92 Å². The van der Waals surface area contributed by atoms with Crippen LogP contribution in [0.1, 0.15) is 29.9 Å². The Morgan fingerprint density at radius 3 is 2.91 bits per heavy atom. The van der Waals surface area contributed by atoms with Gasteiger partial charge < -0.3 is 15.0 Å². The maximum absolute atomic E-state index is 13.2. The maximum atomic E-state index is 13.2. The van der Waals surface area contributed by atoms with Gasteiger partial charge in [0.05, 0.1) is 23.5 Å². The summed E-state index contributed by atoms with van der Waals surface area (Å²) in [5.74, 6) is 1.90. The highest BCUT2D eigenvalue weighted by Gasteiger charge is 2.40. The highest BCUT2D eigenvalue weighted by Crippen LogP contribution is 2.45. The molecule has 6 rings (SSSR count). The Labute approximate surface area is 190 Å². The highest BCUT2D eigenvalue weighted by atomic mass is 16.5. The quantitative estimate of drug-likeness (QED) is 0.475. The lowest BCUT2D eigenvalue weighted by Crippen LogP contribution is -2.38. The van der Waals surface area contributed by atoms with Gasteiger partial charge in [-0.3, -0.25) is 14.3 Å². The van der Waals surface area contributed by atoms with E-state index in [2.05, 4.69) is 27.4 Å². The first-order chi connectivity index (χ1) is 16.2. The lowest BCUT2D eigenvalue weighted by Gasteiger charge is -2.32. The van der Waals surface area contributed by atoms with Gasteiger partial charge in [0.2, 0.25) is 0 Å². The SMILES string of the molecule is COc1cccc2c1CC[C@H]1CNC(CCn3c(=O)[nH]c4c(ccc5ncccc54)c3=O)[C@@H]21. The Kier molecular flexibility index (Phi) is 4.80. The molecule has 0 bridgehead atoms. The average molecular weight is 443 g/mol. The van der Waals surface area contributed by atoms with Crippen LogP contribution in [0.25, 0.3) is 21.8 Å². The number of pyridine rings is 1. The van der Waals surface area contributed by atoms with E-state index in [1.807, 2.05) is 24.3 Å². The van der Waals surface area contributed by atoms with Gasteiger partial charge in [0.25, 0.3) is 5.56 Å². The minimum absolute atomic E-state index is 0.212. The van der Waals surface area contributed by atoms with Gasteiger partial charge in [-0.2, -0.15) is 0 Å². The number of methoxy groups -OCH3 is 1. The summed E-state index contributed by atoms with van der Waals surface area (Å²) in [5.41, 5.74) is 3.34. The number of hydrogen-bond acceptors (Lipinski definition) is 5. The van der Waals surface area contributed by atoms with Crippen molar-refractivity contribution in [1.82, 2.24) is 19.9 Å². The van der Waals surface area contributed by atoms with Crippen molar-refractivity contribution in [1.29, 1.82) is 0 Å². The zero-order valence-electron chi connectivity index (χ0n) is 18.5. The van der Waals surface area contributed by atoms with Crippen LogP contribution in [0.4, 0.5) is 0 Å². The molecule has 1 aliphatic heterocycles. The molecule has 0 amide bonds. The van der Waals surface area contributed by atoms with E-state index in [4.69, 9.17) is 4.74 Å². The number of rotatable bonds is 4. The molecule has 3 heterocycles. The standard InChI is InChI=1S/C26H26N4O3/c1-33-22-6-2-4-17-16(22)8-7-15-14-28-21(23(15)17)11-13-30-25(31)19-9-10-20-18(5-3-12-27-20)24(19)29-26(30)32/h2-6,9-10,12,15,21,23,28H,7-8,11,13-14H2,1H3,(H,29,32)/t15-,21?,23+/m0/s1. The topological polar surface area (TPSA) is 89.0 Å². The number of nitrogens with one attached hydrogen (secondary N) is 2. The number of nitrogens with zero attached hydrogens (tertiary/aromatic N) is 2. The largest absolute Gasteiger partial charge is 0.496 e. The van der Waals surface area contributed by atoms with Crippen LogP contribution in [0.3, 0.4) is 0 Å². The monoisotopic (exact) mass is 442 g/mol.